The molecule has 2 aromatic heterocycles. The van der Waals surface area contributed by atoms with E-state index in [-0.39, 0.29) is 28.1 Å². The van der Waals surface area contributed by atoms with Gasteiger partial charge >= 0.3 is 6.09 Å². The quantitative estimate of drug-likeness (QED) is 0.214. The van der Waals surface area contributed by atoms with Crippen molar-refractivity contribution in [1.82, 2.24) is 25.1 Å². The second-order valence-corrected chi connectivity index (χ2v) is 10.6. The highest BCUT2D eigenvalue weighted by Gasteiger charge is 2.26. The first-order valence-corrected chi connectivity index (χ1v) is 14.2. The molecule has 0 spiro atoms. The molecule has 0 saturated heterocycles. The van der Waals surface area contributed by atoms with Crippen molar-refractivity contribution < 1.29 is 23.5 Å². The van der Waals surface area contributed by atoms with E-state index in [0.29, 0.717) is 59.8 Å². The van der Waals surface area contributed by atoms with E-state index in [1.54, 1.807) is 37.4 Å². The molecule has 224 valence electrons. The monoisotopic (exact) mass is 607 g/mol. The summed E-state index contributed by atoms with van der Waals surface area (Å²) in [6.45, 7) is 3.63. The third kappa shape index (κ3) is 6.24. The standard InChI is InChI=1S/C30H31ClFN7O4/c1-4-17-7-5-9-22(37-29(41)20-14-34-39(16(20)2)25-10-6-8-21(31)26(25)32)27-33-15-24(36-27)19-12-11-18(35-30(42)43-3)13-23(19)38-28(17)40/h6,8,10-15,17,22H,4-5,7,9H2,1-3H3,(H,33,36)(H,35,42)(H,37,41)(H,38,40)/t17-,22-/m0/s1. The molecule has 3 amide bonds. The van der Waals surface area contributed by atoms with Gasteiger partial charge < -0.3 is 20.4 Å². The summed E-state index contributed by atoms with van der Waals surface area (Å²) in [6.07, 6.45) is 4.82. The number of methoxy groups -OCH3 is 1. The number of rotatable bonds is 5. The molecular weight excluding hydrogens is 577 g/mol. The number of imidazole rings is 1. The summed E-state index contributed by atoms with van der Waals surface area (Å²) >= 11 is 5.95. The number of carbonyl (C=O) groups excluding carboxylic acids is 3. The Morgan fingerprint density at radius 2 is 2.05 bits per heavy atom. The normalized spacial score (nSPS) is 16.7. The Bertz CT molecular complexity index is 1680. The van der Waals surface area contributed by atoms with E-state index in [1.165, 1.54) is 30.1 Å². The minimum absolute atomic E-state index is 0.0446. The van der Waals surface area contributed by atoms with Crippen LogP contribution in [0.1, 0.15) is 60.5 Å². The van der Waals surface area contributed by atoms with Crippen LogP contribution in [0.5, 0.6) is 0 Å². The number of aromatic amines is 1. The fourth-order valence-electron chi connectivity index (χ4n) is 5.14. The Labute approximate surface area is 252 Å². The Kier molecular flexibility index (Phi) is 8.76. The van der Waals surface area contributed by atoms with Gasteiger partial charge in [0, 0.05) is 23.4 Å². The number of amides is 3. The predicted octanol–water partition coefficient (Wildman–Crippen LogP) is 6.16. The zero-order valence-corrected chi connectivity index (χ0v) is 24.6. The van der Waals surface area contributed by atoms with Gasteiger partial charge in [0.2, 0.25) is 5.91 Å². The second-order valence-electron chi connectivity index (χ2n) is 10.2. The number of nitrogens with one attached hydrogen (secondary N) is 4. The average Bonchev–Trinajstić information content (AvgIpc) is 3.63. The molecule has 13 heteroatoms. The van der Waals surface area contributed by atoms with Gasteiger partial charge in [-0.25, -0.2) is 18.9 Å². The molecule has 43 heavy (non-hydrogen) atoms. The second kappa shape index (κ2) is 12.7. The SMILES string of the molecule is CC[C@H]1CCC[C@H](NC(=O)c2cnn(-c3cccc(Cl)c3F)c2C)c2nc(c[nH]2)-c2ccc(NC(=O)OC)cc2NC1=O. The summed E-state index contributed by atoms with van der Waals surface area (Å²) < 4.78 is 20.7. The summed E-state index contributed by atoms with van der Waals surface area (Å²) in [5.74, 6) is -0.905. The number of anilines is 2. The number of ether oxygens (including phenoxy) is 1. The van der Waals surface area contributed by atoms with Crippen LogP contribution in [-0.4, -0.2) is 44.8 Å². The lowest BCUT2D eigenvalue weighted by Gasteiger charge is -2.21. The molecule has 0 aliphatic carbocycles. The third-order valence-corrected chi connectivity index (χ3v) is 7.83. The third-order valence-electron chi connectivity index (χ3n) is 7.54. The van der Waals surface area contributed by atoms with Crippen LogP contribution in [0.15, 0.2) is 48.8 Å². The van der Waals surface area contributed by atoms with E-state index in [9.17, 15) is 18.8 Å². The predicted molar refractivity (Wildman–Crippen MR) is 160 cm³/mol. The number of hydrogen-bond acceptors (Lipinski definition) is 6. The minimum atomic E-state index is -0.634. The summed E-state index contributed by atoms with van der Waals surface area (Å²) in [5.41, 5.74) is 2.96. The molecule has 2 bridgehead atoms. The van der Waals surface area contributed by atoms with Gasteiger partial charge in [0.05, 0.1) is 47.0 Å². The number of nitrogens with zero attached hydrogens (tertiary/aromatic N) is 3. The van der Waals surface area contributed by atoms with Crippen molar-refractivity contribution in [3.63, 3.8) is 0 Å². The van der Waals surface area contributed by atoms with Crippen LogP contribution in [0.4, 0.5) is 20.6 Å². The molecule has 0 radical (unpaired) electrons. The van der Waals surface area contributed by atoms with Gasteiger partial charge in [0.15, 0.2) is 5.82 Å². The first-order chi connectivity index (χ1) is 20.7. The maximum atomic E-state index is 14.7. The molecule has 4 aromatic rings. The molecule has 3 heterocycles. The van der Waals surface area contributed by atoms with Crippen LogP contribution < -0.4 is 16.0 Å². The van der Waals surface area contributed by atoms with Crippen LogP contribution in [0.2, 0.25) is 5.02 Å². The lowest BCUT2D eigenvalue weighted by molar-refractivity contribution is -0.120. The first kappa shape index (κ1) is 29.8. The van der Waals surface area contributed by atoms with Crippen molar-refractivity contribution in [2.75, 3.05) is 17.7 Å². The van der Waals surface area contributed by atoms with Crippen LogP contribution >= 0.6 is 11.6 Å². The van der Waals surface area contributed by atoms with Crippen LogP contribution in [0.25, 0.3) is 16.9 Å². The molecule has 1 aliphatic heterocycles. The maximum absolute atomic E-state index is 14.7. The van der Waals surface area contributed by atoms with Crippen molar-refractivity contribution in [2.45, 2.75) is 45.6 Å². The summed E-state index contributed by atoms with van der Waals surface area (Å²) in [7, 11) is 1.27. The van der Waals surface area contributed by atoms with E-state index in [0.717, 1.165) is 0 Å². The van der Waals surface area contributed by atoms with E-state index < -0.39 is 23.9 Å². The van der Waals surface area contributed by atoms with E-state index >= 15 is 0 Å². The number of hydrogen-bond donors (Lipinski definition) is 4. The minimum Gasteiger partial charge on any atom is -0.453 e. The van der Waals surface area contributed by atoms with Crippen molar-refractivity contribution >= 4 is 40.9 Å². The summed E-state index contributed by atoms with van der Waals surface area (Å²) in [5, 5.41) is 12.9. The molecule has 0 unspecified atom stereocenters. The summed E-state index contributed by atoms with van der Waals surface area (Å²) in [6, 6.07) is 9.16. The van der Waals surface area contributed by atoms with Crippen molar-refractivity contribution in [2.24, 2.45) is 5.92 Å². The first-order valence-electron chi connectivity index (χ1n) is 13.9. The molecule has 2 atom stereocenters. The van der Waals surface area contributed by atoms with E-state index in [2.05, 4.69) is 30.8 Å². The Hall–Kier alpha value is -4.71. The van der Waals surface area contributed by atoms with Crippen molar-refractivity contribution in [1.29, 1.82) is 0 Å². The molecule has 11 nitrogen and oxygen atoms in total. The van der Waals surface area contributed by atoms with Crippen LogP contribution in [-0.2, 0) is 9.53 Å². The van der Waals surface area contributed by atoms with Crippen LogP contribution in [0.3, 0.4) is 0 Å². The zero-order chi connectivity index (χ0) is 30.7. The molecular formula is C30H31ClFN7O4. The van der Waals surface area contributed by atoms with Gasteiger partial charge in [-0.2, -0.15) is 5.10 Å². The van der Waals surface area contributed by atoms with Crippen molar-refractivity contribution in [3.05, 3.63) is 76.7 Å². The Morgan fingerprint density at radius 1 is 1.23 bits per heavy atom. The molecule has 5 rings (SSSR count). The number of benzene rings is 2. The molecule has 0 fully saturated rings. The van der Waals surface area contributed by atoms with E-state index in [1.807, 2.05) is 6.92 Å². The van der Waals surface area contributed by atoms with Crippen molar-refractivity contribution in [3.8, 4) is 16.9 Å². The fourth-order valence-corrected chi connectivity index (χ4v) is 5.31. The highest BCUT2D eigenvalue weighted by atomic mass is 35.5. The number of halogens is 2. The lowest BCUT2D eigenvalue weighted by atomic mass is 9.95. The van der Waals surface area contributed by atoms with Gasteiger partial charge in [-0.3, -0.25) is 14.9 Å². The van der Waals surface area contributed by atoms with Gasteiger partial charge in [-0.05, 0) is 56.5 Å². The summed E-state index contributed by atoms with van der Waals surface area (Å²) in [4.78, 5) is 46.5. The lowest BCUT2D eigenvalue weighted by Crippen LogP contribution is -2.30. The highest BCUT2D eigenvalue weighted by Crippen LogP contribution is 2.33. The highest BCUT2D eigenvalue weighted by molar-refractivity contribution is 6.30. The fraction of sp³-hybridized carbons (Fsp3) is 0.300. The van der Waals surface area contributed by atoms with Gasteiger partial charge in [0.1, 0.15) is 11.5 Å². The van der Waals surface area contributed by atoms with Gasteiger partial charge in [-0.1, -0.05) is 31.0 Å². The number of H-pyrrole nitrogens is 1. The Morgan fingerprint density at radius 3 is 2.81 bits per heavy atom. The molecule has 2 aromatic carbocycles. The number of aromatic nitrogens is 4. The number of carbonyl (C=O) groups is 3. The smallest absolute Gasteiger partial charge is 0.411 e. The number of fused-ring (bicyclic) bond motifs is 4. The largest absolute Gasteiger partial charge is 0.453 e. The topological polar surface area (TPSA) is 143 Å². The van der Waals surface area contributed by atoms with Gasteiger partial charge in [-0.15, -0.1) is 0 Å². The average molecular weight is 608 g/mol. The molecule has 1 aliphatic rings. The zero-order valence-electron chi connectivity index (χ0n) is 23.8. The van der Waals surface area contributed by atoms with Gasteiger partial charge in [0.25, 0.3) is 5.91 Å². The molecule has 0 saturated carbocycles. The maximum Gasteiger partial charge on any atom is 0.411 e. The van der Waals surface area contributed by atoms with Crippen LogP contribution in [0, 0.1) is 18.7 Å². The Balaban J connectivity index is 1.46. The molecule has 4 N–H and O–H groups in total. The van der Waals surface area contributed by atoms with E-state index in [4.69, 9.17) is 16.6 Å².